The second-order valence-corrected chi connectivity index (χ2v) is 8.81. The topological polar surface area (TPSA) is 21.9 Å². The van der Waals surface area contributed by atoms with Crippen molar-refractivity contribution in [3.05, 3.63) is 109 Å². The molecular formula is C31H21N2OY-. The van der Waals surface area contributed by atoms with Crippen LogP contribution in [-0.4, -0.2) is 4.57 Å². The van der Waals surface area contributed by atoms with E-state index in [9.17, 15) is 0 Å². The molecule has 0 spiro atoms. The van der Waals surface area contributed by atoms with Gasteiger partial charge in [-0.1, -0.05) is 66.4 Å². The Morgan fingerprint density at radius 3 is 2.17 bits per heavy atom. The van der Waals surface area contributed by atoms with Crippen LogP contribution in [0, 0.1) is 19.2 Å². The zero-order valence-electron chi connectivity index (χ0n) is 19.5. The average molecular weight is 526 g/mol. The van der Waals surface area contributed by atoms with Crippen molar-refractivity contribution in [1.82, 2.24) is 4.57 Å². The molecule has 1 radical (unpaired) electrons. The Morgan fingerprint density at radius 1 is 0.743 bits per heavy atom. The molecule has 0 aliphatic heterocycles. The van der Waals surface area contributed by atoms with Crippen molar-refractivity contribution in [2.45, 2.75) is 6.92 Å². The summed E-state index contributed by atoms with van der Waals surface area (Å²) in [6, 6.07) is 32.9. The van der Waals surface area contributed by atoms with Crippen LogP contribution < -0.4 is 4.57 Å². The Bertz CT molecular complexity index is 1880. The van der Waals surface area contributed by atoms with Gasteiger partial charge in [-0.15, -0.1) is 0 Å². The number of aryl methyl sites for hydroxylation is 2. The molecule has 7 rings (SSSR count). The fourth-order valence-corrected chi connectivity index (χ4v) is 5.27. The molecule has 0 bridgehead atoms. The van der Waals surface area contributed by atoms with Crippen molar-refractivity contribution in [2.75, 3.05) is 0 Å². The SMILES string of the molecule is Cc1ccc2c(oc3c4ccccc4c4ccccc4c23)c1-c1n(C)c[c-][n+]1-c1[c-]cccc1.[Y]. The molecule has 4 heteroatoms. The number of imidazole rings is 1. The van der Waals surface area contributed by atoms with Crippen molar-refractivity contribution in [3.8, 4) is 17.1 Å². The third-order valence-electron chi connectivity index (χ3n) is 6.81. The van der Waals surface area contributed by atoms with Gasteiger partial charge in [0.2, 0.25) is 0 Å². The number of para-hydroxylation sites is 1. The average Bonchev–Trinajstić information content (AvgIpc) is 3.46. The number of hydrogen-bond donors (Lipinski definition) is 0. The first-order chi connectivity index (χ1) is 16.7. The van der Waals surface area contributed by atoms with Gasteiger partial charge in [0.1, 0.15) is 11.2 Å². The van der Waals surface area contributed by atoms with Crippen LogP contribution in [0.2, 0.25) is 0 Å². The molecule has 0 fully saturated rings. The molecule has 35 heavy (non-hydrogen) atoms. The summed E-state index contributed by atoms with van der Waals surface area (Å²) < 4.78 is 11.0. The molecule has 3 nitrogen and oxygen atoms in total. The fourth-order valence-electron chi connectivity index (χ4n) is 5.27. The monoisotopic (exact) mass is 526 g/mol. The molecular weight excluding hydrogens is 505 g/mol. The summed E-state index contributed by atoms with van der Waals surface area (Å²) in [7, 11) is 2.05. The molecule has 0 unspecified atom stereocenters. The van der Waals surface area contributed by atoms with Gasteiger partial charge in [0.05, 0.1) is 25.0 Å². The molecule has 0 atom stereocenters. The number of hydrogen-bond acceptors (Lipinski definition) is 1. The van der Waals surface area contributed by atoms with E-state index >= 15 is 0 Å². The number of fused-ring (bicyclic) bond motifs is 8. The second kappa shape index (κ2) is 8.44. The van der Waals surface area contributed by atoms with Gasteiger partial charge in [-0.2, -0.15) is 24.3 Å². The standard InChI is InChI=1S/C31H21N2O.Y/c1-20-16-17-26-28-24-14-8-6-12-22(24)23-13-7-9-15-25(23)29(28)34-30(26)27(20)31-32(2)18-19-33(31)21-10-4-3-5-11-21;/h3-10,12-18H,1-2H3;/q-1;. The molecule has 0 aliphatic carbocycles. The van der Waals surface area contributed by atoms with Crippen LogP contribution >= 0.6 is 0 Å². The van der Waals surface area contributed by atoms with E-state index in [4.69, 9.17) is 4.42 Å². The van der Waals surface area contributed by atoms with E-state index in [0.717, 1.165) is 44.6 Å². The Hall–Kier alpha value is -3.27. The number of furan rings is 1. The molecule has 5 aromatic carbocycles. The maximum absolute atomic E-state index is 6.80. The summed E-state index contributed by atoms with van der Waals surface area (Å²) in [5.74, 6) is 1.01. The van der Waals surface area contributed by atoms with Gasteiger partial charge in [-0.05, 0) is 28.6 Å². The zero-order chi connectivity index (χ0) is 22.8. The smallest absolute Gasteiger partial charge is 0.188 e. The summed E-state index contributed by atoms with van der Waals surface area (Å²) in [6.45, 7) is 2.14. The maximum Gasteiger partial charge on any atom is 0.188 e. The van der Waals surface area contributed by atoms with E-state index in [0.29, 0.717) is 0 Å². The third-order valence-corrected chi connectivity index (χ3v) is 6.81. The van der Waals surface area contributed by atoms with Crippen molar-refractivity contribution < 1.29 is 41.7 Å². The van der Waals surface area contributed by atoms with Gasteiger partial charge in [0.15, 0.2) is 5.82 Å². The predicted octanol–water partition coefficient (Wildman–Crippen LogP) is 7.08. The van der Waals surface area contributed by atoms with E-state index in [2.05, 4.69) is 102 Å². The molecule has 2 aromatic heterocycles. The quantitative estimate of drug-likeness (QED) is 0.134. The maximum atomic E-state index is 6.80. The minimum atomic E-state index is 0. The van der Waals surface area contributed by atoms with Crippen molar-refractivity contribution in [2.24, 2.45) is 7.05 Å². The van der Waals surface area contributed by atoms with Crippen LogP contribution in [0.3, 0.4) is 0 Å². The first-order valence-electron chi connectivity index (χ1n) is 11.4. The summed E-state index contributed by atoms with van der Waals surface area (Å²) >= 11 is 0. The largest absolute Gasteiger partial charge is 0.456 e. The first kappa shape index (κ1) is 22.2. The number of nitrogens with zero attached hydrogens (tertiary/aromatic N) is 2. The van der Waals surface area contributed by atoms with Crippen LogP contribution in [0.4, 0.5) is 0 Å². The minimum absolute atomic E-state index is 0. The van der Waals surface area contributed by atoms with Crippen LogP contribution in [0.25, 0.3) is 60.6 Å². The van der Waals surface area contributed by atoms with Gasteiger partial charge in [-0.3, -0.25) is 4.57 Å². The summed E-state index contributed by atoms with van der Waals surface area (Å²) in [4.78, 5) is 0. The second-order valence-electron chi connectivity index (χ2n) is 8.81. The minimum Gasteiger partial charge on any atom is -0.456 e. The number of rotatable bonds is 2. The third kappa shape index (κ3) is 3.22. The van der Waals surface area contributed by atoms with Gasteiger partial charge >= 0.3 is 0 Å². The van der Waals surface area contributed by atoms with Gasteiger partial charge in [0, 0.05) is 48.9 Å². The van der Waals surface area contributed by atoms with E-state index < -0.39 is 0 Å². The Kier molecular flexibility index (Phi) is 5.36. The molecule has 2 heterocycles. The van der Waals surface area contributed by atoms with Crippen molar-refractivity contribution in [3.63, 3.8) is 0 Å². The van der Waals surface area contributed by atoms with Crippen LogP contribution in [0.15, 0.2) is 95.5 Å². The van der Waals surface area contributed by atoms with Gasteiger partial charge in [0.25, 0.3) is 0 Å². The zero-order valence-corrected chi connectivity index (χ0v) is 22.4. The van der Waals surface area contributed by atoms with Crippen LogP contribution in [0.5, 0.6) is 0 Å². The molecule has 0 aliphatic rings. The van der Waals surface area contributed by atoms with Crippen molar-refractivity contribution in [1.29, 1.82) is 0 Å². The van der Waals surface area contributed by atoms with E-state index in [1.165, 1.54) is 21.5 Å². The Labute approximate surface area is 228 Å². The summed E-state index contributed by atoms with van der Waals surface area (Å²) in [6.07, 6.45) is 5.34. The number of aromatic nitrogens is 2. The number of benzene rings is 5. The fraction of sp³-hybridized carbons (Fsp3) is 0.0645. The molecule has 0 amide bonds. The predicted molar refractivity (Wildman–Crippen MR) is 137 cm³/mol. The molecule has 165 valence electrons. The molecule has 0 N–H and O–H groups in total. The Morgan fingerprint density at radius 2 is 1.43 bits per heavy atom. The van der Waals surface area contributed by atoms with Crippen molar-refractivity contribution >= 4 is 43.5 Å². The van der Waals surface area contributed by atoms with E-state index in [1.807, 2.05) is 24.4 Å². The van der Waals surface area contributed by atoms with Gasteiger partial charge in [-0.25, -0.2) is 6.07 Å². The van der Waals surface area contributed by atoms with E-state index in [-0.39, 0.29) is 32.7 Å². The molecule has 0 saturated carbocycles. The molecule has 7 aromatic rings. The Balaban J connectivity index is 0.00000229. The van der Waals surface area contributed by atoms with Crippen LogP contribution in [-0.2, 0) is 39.8 Å². The van der Waals surface area contributed by atoms with E-state index in [1.54, 1.807) is 0 Å². The van der Waals surface area contributed by atoms with Gasteiger partial charge < -0.3 is 8.98 Å². The summed E-state index contributed by atoms with van der Waals surface area (Å²) in [5, 5.41) is 7.11. The summed E-state index contributed by atoms with van der Waals surface area (Å²) in [5.41, 5.74) is 5.01. The first-order valence-corrected chi connectivity index (χ1v) is 11.4. The molecule has 0 saturated heterocycles. The normalized spacial score (nSPS) is 11.5. The van der Waals surface area contributed by atoms with Crippen LogP contribution in [0.1, 0.15) is 5.56 Å².